The number of aliphatic hydroxyl groups is 1. The number of H-pyrrole nitrogens is 1. The Morgan fingerprint density at radius 1 is 1.38 bits per heavy atom. The lowest BCUT2D eigenvalue weighted by Gasteiger charge is -2.15. The van der Waals surface area contributed by atoms with Crippen LogP contribution in [0.5, 0.6) is 0 Å². The van der Waals surface area contributed by atoms with E-state index in [0.29, 0.717) is 5.56 Å². The zero-order valence-electron chi connectivity index (χ0n) is 13.1. The van der Waals surface area contributed by atoms with E-state index in [1.807, 2.05) is 0 Å². The molecule has 7 nitrogen and oxygen atoms in total. The van der Waals surface area contributed by atoms with Crippen LogP contribution in [0.2, 0.25) is 0 Å². The Morgan fingerprint density at radius 2 is 2.08 bits per heavy atom. The van der Waals surface area contributed by atoms with Crippen molar-refractivity contribution in [3.05, 3.63) is 53.1 Å². The molecule has 2 rings (SSSR count). The summed E-state index contributed by atoms with van der Waals surface area (Å²) in [5, 5.41) is 9.76. The molecule has 0 saturated carbocycles. The Hall–Kier alpha value is -2.87. The topological polar surface area (TPSA) is 127 Å². The number of benzene rings is 1. The number of aliphatic hydroxyl groups excluding tert-OH is 1. The van der Waals surface area contributed by atoms with Gasteiger partial charge in [-0.25, -0.2) is 14.2 Å². The number of rotatable bonds is 6. The summed E-state index contributed by atoms with van der Waals surface area (Å²) in [6, 6.07) is 6.04. The summed E-state index contributed by atoms with van der Waals surface area (Å²) in [6.45, 7) is 1.44. The smallest absolute Gasteiger partial charge is 0.357 e. The molecule has 1 aromatic carbocycles. The Labute approximate surface area is 138 Å². The molecule has 6 N–H and O–H groups in total. The van der Waals surface area contributed by atoms with Gasteiger partial charge in [-0.15, -0.1) is 0 Å². The molecule has 0 aliphatic rings. The van der Waals surface area contributed by atoms with E-state index < -0.39 is 24.3 Å². The van der Waals surface area contributed by atoms with Crippen LogP contribution in [0.4, 0.5) is 10.1 Å². The molecule has 1 heterocycles. The first-order chi connectivity index (χ1) is 11.5. The zero-order chi connectivity index (χ0) is 17.7. The number of guanidine groups is 1. The standard InChI is InChI=1S/C16H19FN4O3/c1-2-24-15(23)14-13(21-16(18)19)10(7-20-14)11(8-22)9-5-3-4-6-12(9)17/h3-7,11,20,22H,2,8H2,1H3,(H4,18,19,21)/t11-/m0/s1. The number of esters is 1. The number of halogens is 1. The van der Waals surface area contributed by atoms with Gasteiger partial charge < -0.3 is 26.3 Å². The fourth-order valence-corrected chi connectivity index (χ4v) is 2.43. The molecular weight excluding hydrogens is 315 g/mol. The van der Waals surface area contributed by atoms with Gasteiger partial charge in [0.25, 0.3) is 0 Å². The molecule has 0 aliphatic heterocycles. The van der Waals surface area contributed by atoms with E-state index in [1.54, 1.807) is 25.1 Å². The highest BCUT2D eigenvalue weighted by Gasteiger charge is 2.26. The predicted octanol–water partition coefficient (Wildman–Crippen LogP) is 1.36. The summed E-state index contributed by atoms with van der Waals surface area (Å²) in [4.78, 5) is 18.7. The van der Waals surface area contributed by atoms with Crippen molar-refractivity contribution in [2.75, 3.05) is 13.2 Å². The van der Waals surface area contributed by atoms with Crippen molar-refractivity contribution in [2.45, 2.75) is 12.8 Å². The number of carbonyl (C=O) groups is 1. The largest absolute Gasteiger partial charge is 0.461 e. The SMILES string of the molecule is CCOC(=O)c1[nH]cc([C@@H](CO)c2ccccc2F)c1N=C(N)N. The minimum absolute atomic E-state index is 0.0371. The molecule has 2 aromatic rings. The highest BCUT2D eigenvalue weighted by molar-refractivity contribution is 5.96. The molecule has 0 aliphatic carbocycles. The monoisotopic (exact) mass is 334 g/mol. The number of hydrogen-bond donors (Lipinski definition) is 4. The number of nitrogens with one attached hydrogen (secondary N) is 1. The molecule has 1 atom stereocenters. The van der Waals surface area contributed by atoms with Crippen LogP contribution in [0, 0.1) is 5.82 Å². The average Bonchev–Trinajstić information content (AvgIpc) is 2.93. The maximum atomic E-state index is 14.1. The first kappa shape index (κ1) is 17.5. The second-order valence-electron chi connectivity index (χ2n) is 4.98. The Bertz CT molecular complexity index is 754. The Morgan fingerprint density at radius 3 is 2.67 bits per heavy atom. The highest BCUT2D eigenvalue weighted by Crippen LogP contribution is 2.35. The molecule has 0 unspecified atom stereocenters. The molecule has 0 saturated heterocycles. The first-order valence-electron chi connectivity index (χ1n) is 7.32. The number of aliphatic imine (C=N–C) groups is 1. The van der Waals surface area contributed by atoms with E-state index in [2.05, 4.69) is 9.98 Å². The van der Waals surface area contributed by atoms with Gasteiger partial charge >= 0.3 is 5.97 Å². The predicted molar refractivity (Wildman–Crippen MR) is 87.5 cm³/mol. The van der Waals surface area contributed by atoms with E-state index in [9.17, 15) is 14.3 Å². The normalized spacial score (nSPS) is 11.8. The average molecular weight is 334 g/mol. The van der Waals surface area contributed by atoms with E-state index in [1.165, 1.54) is 12.3 Å². The number of hydrogen-bond acceptors (Lipinski definition) is 4. The van der Waals surface area contributed by atoms with Gasteiger partial charge in [0.1, 0.15) is 11.5 Å². The molecule has 0 fully saturated rings. The van der Waals surface area contributed by atoms with Gasteiger partial charge in [-0.05, 0) is 18.6 Å². The second-order valence-corrected chi connectivity index (χ2v) is 4.98. The number of ether oxygens (including phenoxy) is 1. The van der Waals surface area contributed by atoms with Crippen LogP contribution in [-0.2, 0) is 4.74 Å². The molecule has 0 radical (unpaired) electrons. The number of aromatic nitrogens is 1. The Balaban J connectivity index is 2.58. The van der Waals surface area contributed by atoms with Crippen LogP contribution < -0.4 is 11.5 Å². The van der Waals surface area contributed by atoms with Crippen LogP contribution in [0.3, 0.4) is 0 Å². The number of nitrogens with zero attached hydrogens (tertiary/aromatic N) is 1. The fraction of sp³-hybridized carbons (Fsp3) is 0.250. The first-order valence-corrected chi connectivity index (χ1v) is 7.32. The van der Waals surface area contributed by atoms with Crippen molar-refractivity contribution in [3.8, 4) is 0 Å². The summed E-state index contributed by atoms with van der Waals surface area (Å²) in [7, 11) is 0. The quantitative estimate of drug-likeness (QED) is 0.360. The molecule has 0 spiro atoms. The molecule has 128 valence electrons. The molecule has 8 heteroatoms. The summed E-state index contributed by atoms with van der Waals surface area (Å²) in [6.07, 6.45) is 1.46. The molecule has 0 bridgehead atoms. The molecule has 0 amide bonds. The van der Waals surface area contributed by atoms with Crippen LogP contribution in [-0.4, -0.2) is 35.2 Å². The van der Waals surface area contributed by atoms with Crippen LogP contribution in [0.25, 0.3) is 0 Å². The minimum atomic E-state index is -0.747. The van der Waals surface area contributed by atoms with Crippen molar-refractivity contribution in [3.63, 3.8) is 0 Å². The van der Waals surface area contributed by atoms with E-state index in [4.69, 9.17) is 16.2 Å². The van der Waals surface area contributed by atoms with Crippen molar-refractivity contribution in [2.24, 2.45) is 16.5 Å². The third-order valence-electron chi connectivity index (χ3n) is 3.44. The van der Waals surface area contributed by atoms with Gasteiger partial charge in [-0.1, -0.05) is 18.2 Å². The van der Waals surface area contributed by atoms with Crippen molar-refractivity contribution >= 4 is 17.6 Å². The zero-order valence-corrected chi connectivity index (χ0v) is 13.1. The van der Waals surface area contributed by atoms with Gasteiger partial charge in [0, 0.05) is 17.7 Å². The third kappa shape index (κ3) is 3.54. The summed E-state index contributed by atoms with van der Waals surface area (Å²) >= 11 is 0. The van der Waals surface area contributed by atoms with E-state index in [0.717, 1.165) is 0 Å². The lowest BCUT2D eigenvalue weighted by molar-refractivity contribution is 0.0521. The van der Waals surface area contributed by atoms with Gasteiger partial charge in [0.2, 0.25) is 0 Å². The van der Waals surface area contributed by atoms with Crippen LogP contribution in [0.15, 0.2) is 35.5 Å². The lowest BCUT2D eigenvalue weighted by atomic mass is 9.92. The van der Waals surface area contributed by atoms with E-state index in [-0.39, 0.29) is 29.5 Å². The van der Waals surface area contributed by atoms with Gasteiger partial charge in [-0.3, -0.25) is 0 Å². The van der Waals surface area contributed by atoms with Gasteiger partial charge in [0.05, 0.1) is 13.2 Å². The maximum Gasteiger partial charge on any atom is 0.357 e. The van der Waals surface area contributed by atoms with Crippen molar-refractivity contribution in [1.82, 2.24) is 4.98 Å². The van der Waals surface area contributed by atoms with Crippen molar-refractivity contribution in [1.29, 1.82) is 0 Å². The maximum absolute atomic E-state index is 14.1. The van der Waals surface area contributed by atoms with Gasteiger partial charge in [-0.2, -0.15) is 0 Å². The summed E-state index contributed by atoms with van der Waals surface area (Å²) in [5.74, 6) is -2.14. The van der Waals surface area contributed by atoms with Crippen LogP contribution >= 0.6 is 0 Å². The fourth-order valence-electron chi connectivity index (χ4n) is 2.43. The number of nitrogens with two attached hydrogens (primary N) is 2. The van der Waals surface area contributed by atoms with Gasteiger partial charge in [0.15, 0.2) is 11.7 Å². The van der Waals surface area contributed by atoms with Crippen LogP contribution in [0.1, 0.15) is 34.5 Å². The molecule has 1 aromatic heterocycles. The summed E-state index contributed by atoms with van der Waals surface area (Å²) < 4.78 is 19.0. The summed E-state index contributed by atoms with van der Waals surface area (Å²) in [5.41, 5.74) is 11.7. The molecular formula is C16H19FN4O3. The third-order valence-corrected chi connectivity index (χ3v) is 3.44. The number of aromatic amines is 1. The molecule has 24 heavy (non-hydrogen) atoms. The van der Waals surface area contributed by atoms with E-state index >= 15 is 0 Å². The van der Waals surface area contributed by atoms with Crippen molar-refractivity contribution < 1.29 is 19.0 Å². The second kappa shape index (κ2) is 7.60. The highest BCUT2D eigenvalue weighted by atomic mass is 19.1. The lowest BCUT2D eigenvalue weighted by Crippen LogP contribution is -2.22. The Kier molecular flexibility index (Phi) is 5.54. The minimum Gasteiger partial charge on any atom is -0.461 e. The number of carbonyl (C=O) groups excluding carboxylic acids is 1.